The van der Waals surface area contributed by atoms with Gasteiger partial charge in [0.2, 0.25) is 0 Å². The summed E-state index contributed by atoms with van der Waals surface area (Å²) in [4.78, 5) is 26.3. The lowest BCUT2D eigenvalue weighted by Crippen LogP contribution is -2.36. The van der Waals surface area contributed by atoms with Gasteiger partial charge in [-0.15, -0.1) is 0 Å². The zero-order valence-electron chi connectivity index (χ0n) is 14.5. The molecule has 0 unspecified atom stereocenters. The van der Waals surface area contributed by atoms with Crippen LogP contribution in [0.2, 0.25) is 0 Å². The van der Waals surface area contributed by atoms with E-state index in [2.05, 4.69) is 15.9 Å². The van der Waals surface area contributed by atoms with Crippen LogP contribution in [0.3, 0.4) is 0 Å². The molecule has 1 aromatic carbocycles. The van der Waals surface area contributed by atoms with E-state index in [1.54, 1.807) is 11.8 Å². The molecule has 0 N–H and O–H groups in total. The van der Waals surface area contributed by atoms with E-state index in [1.165, 1.54) is 0 Å². The van der Waals surface area contributed by atoms with Crippen molar-refractivity contribution in [3.8, 4) is 0 Å². The molecule has 0 radical (unpaired) electrons. The highest BCUT2D eigenvalue weighted by Crippen LogP contribution is 2.35. The smallest absolute Gasteiger partial charge is 0.410 e. The molecular weight excluding hydrogens is 374 g/mol. The van der Waals surface area contributed by atoms with E-state index in [1.807, 2.05) is 45.0 Å². The lowest BCUT2D eigenvalue weighted by atomic mass is 9.89. The standard InChI is InChI=1S/C18H24BrNO4/c1-5-23-16(21)15-11-20(17(22)24-18(2,3)4)10-14(15)12-6-8-13(19)9-7-12/h6-9,14-15H,5,10-11H2,1-4H3/t14-,15+/m1/s1. The zero-order valence-corrected chi connectivity index (χ0v) is 16.1. The molecule has 1 heterocycles. The fourth-order valence-electron chi connectivity index (χ4n) is 2.82. The Balaban J connectivity index is 2.21. The molecule has 0 spiro atoms. The van der Waals surface area contributed by atoms with Gasteiger partial charge in [0, 0.05) is 23.5 Å². The predicted octanol–water partition coefficient (Wildman–Crippen LogP) is 3.96. The number of hydrogen-bond acceptors (Lipinski definition) is 4. The van der Waals surface area contributed by atoms with E-state index >= 15 is 0 Å². The van der Waals surface area contributed by atoms with Crippen LogP contribution in [0.1, 0.15) is 39.2 Å². The average Bonchev–Trinajstić information content (AvgIpc) is 2.92. The summed E-state index contributed by atoms with van der Waals surface area (Å²) in [6.45, 7) is 8.36. The van der Waals surface area contributed by atoms with Gasteiger partial charge in [-0.05, 0) is 45.4 Å². The van der Waals surface area contributed by atoms with Crippen LogP contribution < -0.4 is 0 Å². The minimum atomic E-state index is -0.563. The first-order valence-electron chi connectivity index (χ1n) is 8.11. The van der Waals surface area contributed by atoms with Crippen molar-refractivity contribution in [3.05, 3.63) is 34.3 Å². The quantitative estimate of drug-likeness (QED) is 0.724. The number of carbonyl (C=O) groups excluding carboxylic acids is 2. The maximum absolute atomic E-state index is 12.4. The highest BCUT2D eigenvalue weighted by molar-refractivity contribution is 9.10. The van der Waals surface area contributed by atoms with Gasteiger partial charge >= 0.3 is 12.1 Å². The summed E-state index contributed by atoms with van der Waals surface area (Å²) in [5.74, 6) is -0.736. The van der Waals surface area contributed by atoms with Crippen molar-refractivity contribution in [3.63, 3.8) is 0 Å². The second kappa shape index (κ2) is 7.55. The molecule has 1 aromatic rings. The number of nitrogens with zero attached hydrogens (tertiary/aromatic N) is 1. The van der Waals surface area contributed by atoms with Crippen LogP contribution in [0.4, 0.5) is 4.79 Å². The van der Waals surface area contributed by atoms with Crippen LogP contribution in [-0.4, -0.2) is 42.3 Å². The highest BCUT2D eigenvalue weighted by Gasteiger charge is 2.42. The topological polar surface area (TPSA) is 55.8 Å². The number of benzene rings is 1. The number of carbonyl (C=O) groups is 2. The molecule has 1 saturated heterocycles. The molecule has 6 heteroatoms. The normalized spacial score (nSPS) is 20.8. The van der Waals surface area contributed by atoms with Gasteiger partial charge in [-0.3, -0.25) is 4.79 Å². The number of amides is 1. The summed E-state index contributed by atoms with van der Waals surface area (Å²) < 4.78 is 11.6. The van der Waals surface area contributed by atoms with Gasteiger partial charge < -0.3 is 14.4 Å². The third-order valence-electron chi connectivity index (χ3n) is 3.86. The van der Waals surface area contributed by atoms with Crippen LogP contribution >= 0.6 is 15.9 Å². The van der Waals surface area contributed by atoms with Crippen LogP contribution in [0.25, 0.3) is 0 Å². The summed E-state index contributed by atoms with van der Waals surface area (Å²) in [6.07, 6.45) is -0.392. The summed E-state index contributed by atoms with van der Waals surface area (Å²) in [7, 11) is 0. The van der Waals surface area contributed by atoms with Gasteiger partial charge in [0.1, 0.15) is 5.60 Å². The average molecular weight is 398 g/mol. The van der Waals surface area contributed by atoms with Crippen LogP contribution in [0.15, 0.2) is 28.7 Å². The number of ether oxygens (including phenoxy) is 2. The van der Waals surface area contributed by atoms with Crippen molar-refractivity contribution >= 4 is 28.0 Å². The van der Waals surface area contributed by atoms with E-state index in [9.17, 15) is 9.59 Å². The Morgan fingerprint density at radius 1 is 1.21 bits per heavy atom. The molecule has 5 nitrogen and oxygen atoms in total. The van der Waals surface area contributed by atoms with Crippen molar-refractivity contribution in [2.24, 2.45) is 5.92 Å². The first kappa shape index (κ1) is 18.8. The van der Waals surface area contributed by atoms with E-state index in [4.69, 9.17) is 9.47 Å². The maximum atomic E-state index is 12.4. The minimum absolute atomic E-state index is 0.0929. The van der Waals surface area contributed by atoms with E-state index in [0.29, 0.717) is 19.7 Å². The van der Waals surface area contributed by atoms with E-state index < -0.39 is 11.7 Å². The number of rotatable bonds is 3. The van der Waals surface area contributed by atoms with Crippen LogP contribution in [0.5, 0.6) is 0 Å². The molecule has 1 amide bonds. The summed E-state index contributed by atoms with van der Waals surface area (Å²) in [5.41, 5.74) is 0.453. The lowest BCUT2D eigenvalue weighted by Gasteiger charge is -2.24. The van der Waals surface area contributed by atoms with Crippen molar-refractivity contribution in [1.82, 2.24) is 4.90 Å². The fourth-order valence-corrected chi connectivity index (χ4v) is 3.08. The number of esters is 1. The zero-order chi connectivity index (χ0) is 17.9. The summed E-state index contributed by atoms with van der Waals surface area (Å²) >= 11 is 3.41. The molecule has 24 heavy (non-hydrogen) atoms. The Hall–Kier alpha value is -1.56. The Morgan fingerprint density at radius 2 is 1.83 bits per heavy atom. The van der Waals surface area contributed by atoms with Gasteiger partial charge in [-0.1, -0.05) is 28.1 Å². The Bertz CT molecular complexity index is 594. The lowest BCUT2D eigenvalue weighted by molar-refractivity contribution is -0.147. The van der Waals surface area contributed by atoms with Gasteiger partial charge in [0.25, 0.3) is 0 Å². The van der Waals surface area contributed by atoms with Gasteiger partial charge in [0.05, 0.1) is 12.5 Å². The first-order chi connectivity index (χ1) is 11.2. The first-order valence-corrected chi connectivity index (χ1v) is 8.90. The van der Waals surface area contributed by atoms with Crippen molar-refractivity contribution in [2.45, 2.75) is 39.2 Å². The fraction of sp³-hybridized carbons (Fsp3) is 0.556. The second-order valence-electron chi connectivity index (χ2n) is 6.90. The molecule has 132 valence electrons. The van der Waals surface area contributed by atoms with Crippen molar-refractivity contribution < 1.29 is 19.1 Å². The van der Waals surface area contributed by atoms with Gasteiger partial charge in [-0.25, -0.2) is 4.79 Å². The minimum Gasteiger partial charge on any atom is -0.466 e. The van der Waals surface area contributed by atoms with E-state index in [0.717, 1.165) is 10.0 Å². The molecule has 0 aliphatic carbocycles. The van der Waals surface area contributed by atoms with Gasteiger partial charge in [0.15, 0.2) is 0 Å². The molecule has 0 saturated carbocycles. The largest absolute Gasteiger partial charge is 0.466 e. The molecule has 2 rings (SSSR count). The van der Waals surface area contributed by atoms with Crippen molar-refractivity contribution in [2.75, 3.05) is 19.7 Å². The molecule has 1 aliphatic heterocycles. The highest BCUT2D eigenvalue weighted by atomic mass is 79.9. The Morgan fingerprint density at radius 3 is 2.38 bits per heavy atom. The third kappa shape index (κ3) is 4.72. The molecule has 1 aliphatic rings. The molecular formula is C18H24BrNO4. The molecule has 0 aromatic heterocycles. The molecule has 2 atom stereocenters. The Kier molecular flexibility index (Phi) is 5.91. The predicted molar refractivity (Wildman–Crippen MR) is 94.8 cm³/mol. The second-order valence-corrected chi connectivity index (χ2v) is 7.82. The summed E-state index contributed by atoms with van der Waals surface area (Å²) in [5, 5.41) is 0. The monoisotopic (exact) mass is 397 g/mol. The third-order valence-corrected chi connectivity index (χ3v) is 4.39. The number of halogens is 1. The van der Waals surface area contributed by atoms with Crippen LogP contribution in [-0.2, 0) is 14.3 Å². The number of hydrogen-bond donors (Lipinski definition) is 0. The number of likely N-dealkylation sites (tertiary alicyclic amines) is 1. The van der Waals surface area contributed by atoms with E-state index in [-0.39, 0.29) is 17.8 Å². The molecule has 0 bridgehead atoms. The summed E-state index contributed by atoms with van der Waals surface area (Å²) in [6, 6.07) is 7.82. The molecule has 1 fully saturated rings. The van der Waals surface area contributed by atoms with Crippen molar-refractivity contribution in [1.29, 1.82) is 0 Å². The maximum Gasteiger partial charge on any atom is 0.410 e. The van der Waals surface area contributed by atoms with Gasteiger partial charge in [-0.2, -0.15) is 0 Å². The van der Waals surface area contributed by atoms with Crippen LogP contribution in [0, 0.1) is 5.92 Å². The Labute approximate surface area is 151 Å². The SMILES string of the molecule is CCOC(=O)[C@H]1CN(C(=O)OC(C)(C)C)C[C@@H]1c1ccc(Br)cc1.